The van der Waals surface area contributed by atoms with Crippen molar-refractivity contribution in [1.82, 2.24) is 20.1 Å². The van der Waals surface area contributed by atoms with Crippen LogP contribution in [-0.4, -0.2) is 33.0 Å². The van der Waals surface area contributed by atoms with Crippen LogP contribution in [-0.2, 0) is 11.3 Å². The molecule has 0 saturated heterocycles. The van der Waals surface area contributed by atoms with Crippen molar-refractivity contribution in [2.45, 2.75) is 20.4 Å². The van der Waals surface area contributed by atoms with Crippen LogP contribution in [0.25, 0.3) is 0 Å². The zero-order valence-electron chi connectivity index (χ0n) is 9.77. The molecule has 0 spiro atoms. The summed E-state index contributed by atoms with van der Waals surface area (Å²) in [5.41, 5.74) is 0. The summed E-state index contributed by atoms with van der Waals surface area (Å²) in [4.78, 5) is 17.3. The van der Waals surface area contributed by atoms with Gasteiger partial charge in [0.2, 0.25) is 5.91 Å². The normalized spacial score (nSPS) is 11.4. The smallest absolute Gasteiger partial charge is 0.246 e. The van der Waals surface area contributed by atoms with Crippen LogP contribution in [0.2, 0.25) is 0 Å². The number of allylic oxidation sites excluding steroid dienone is 3. The average Bonchev–Trinajstić information content (AvgIpc) is 2.64. The molecule has 0 bridgehead atoms. The fourth-order valence-electron chi connectivity index (χ4n) is 1.13. The van der Waals surface area contributed by atoms with Crippen LogP contribution in [0, 0.1) is 6.92 Å². The molecule has 0 aliphatic heterocycles. The lowest BCUT2D eigenvalue weighted by molar-refractivity contribution is -0.125. The average molecular weight is 220 g/mol. The van der Waals surface area contributed by atoms with Gasteiger partial charge in [0, 0.05) is 13.1 Å². The van der Waals surface area contributed by atoms with Crippen molar-refractivity contribution >= 4 is 5.91 Å². The Bertz CT molecular complexity index is 406. The van der Waals surface area contributed by atoms with Crippen LogP contribution in [0.15, 0.2) is 24.3 Å². The fraction of sp³-hybridized carbons (Fsp3) is 0.364. The summed E-state index contributed by atoms with van der Waals surface area (Å²) >= 11 is 0. The summed E-state index contributed by atoms with van der Waals surface area (Å²) in [6.45, 7) is 4.13. The van der Waals surface area contributed by atoms with Crippen molar-refractivity contribution in [3.05, 3.63) is 36.0 Å². The predicted octanol–water partition coefficient (Wildman–Crippen LogP) is 1.20. The first-order chi connectivity index (χ1) is 7.63. The van der Waals surface area contributed by atoms with Crippen molar-refractivity contribution < 1.29 is 4.79 Å². The van der Waals surface area contributed by atoms with Gasteiger partial charge in [0.15, 0.2) is 5.82 Å². The summed E-state index contributed by atoms with van der Waals surface area (Å²) in [6.07, 6.45) is 6.90. The number of aromatic nitrogens is 3. The minimum atomic E-state index is -0.0689. The summed E-state index contributed by atoms with van der Waals surface area (Å²) in [7, 11) is 1.72. The highest BCUT2D eigenvalue weighted by molar-refractivity contribution is 5.87. The third-order valence-corrected chi connectivity index (χ3v) is 1.94. The maximum Gasteiger partial charge on any atom is 0.246 e. The molecular formula is C11H16N4O. The van der Waals surface area contributed by atoms with E-state index in [1.54, 1.807) is 18.0 Å². The highest BCUT2D eigenvalue weighted by Gasteiger charge is 2.08. The Labute approximate surface area is 94.9 Å². The molecule has 1 aromatic heterocycles. The van der Waals surface area contributed by atoms with Gasteiger partial charge < -0.3 is 4.90 Å². The van der Waals surface area contributed by atoms with Gasteiger partial charge in [-0.1, -0.05) is 18.2 Å². The molecule has 1 N–H and O–H groups in total. The van der Waals surface area contributed by atoms with E-state index in [-0.39, 0.29) is 5.91 Å². The van der Waals surface area contributed by atoms with Crippen molar-refractivity contribution in [3.8, 4) is 0 Å². The second-order valence-electron chi connectivity index (χ2n) is 3.42. The molecule has 0 aliphatic rings. The number of aromatic amines is 1. The number of likely N-dealkylation sites (N-methyl/N-ethyl adjacent to an activating group) is 1. The molecule has 5 nitrogen and oxygen atoms in total. The standard InChI is InChI=1S/C11H16N4O/c1-4-5-6-7-11(16)15(3)8-10-12-9(2)13-14-10/h4-7H,8H2,1-3H3,(H,12,13,14). The zero-order chi connectivity index (χ0) is 12.0. The second kappa shape index (κ2) is 5.85. The number of aryl methyl sites for hydroxylation is 1. The third kappa shape index (κ3) is 3.68. The first-order valence-electron chi connectivity index (χ1n) is 5.06. The van der Waals surface area contributed by atoms with E-state index in [9.17, 15) is 4.79 Å². The highest BCUT2D eigenvalue weighted by Crippen LogP contribution is 1.97. The molecule has 0 aromatic carbocycles. The van der Waals surface area contributed by atoms with Crippen LogP contribution < -0.4 is 0 Å². The Hall–Kier alpha value is -1.91. The van der Waals surface area contributed by atoms with Gasteiger partial charge in [0.05, 0.1) is 6.54 Å². The maximum atomic E-state index is 11.6. The van der Waals surface area contributed by atoms with Crippen LogP contribution in [0.3, 0.4) is 0 Å². The monoisotopic (exact) mass is 220 g/mol. The van der Waals surface area contributed by atoms with Gasteiger partial charge in [0.25, 0.3) is 0 Å². The molecule has 1 aromatic rings. The van der Waals surface area contributed by atoms with Crippen molar-refractivity contribution in [1.29, 1.82) is 0 Å². The Morgan fingerprint density at radius 3 is 2.81 bits per heavy atom. The summed E-state index contributed by atoms with van der Waals surface area (Å²) in [6, 6.07) is 0. The second-order valence-corrected chi connectivity index (χ2v) is 3.42. The molecule has 0 fully saturated rings. The molecule has 1 heterocycles. The van der Waals surface area contributed by atoms with Gasteiger partial charge in [-0.15, -0.1) is 0 Å². The SMILES string of the molecule is CC=CC=CC(=O)N(C)Cc1n[nH]c(C)n1. The lowest BCUT2D eigenvalue weighted by atomic mass is 10.4. The Balaban J connectivity index is 2.52. The number of rotatable bonds is 4. The van der Waals surface area contributed by atoms with E-state index in [0.717, 1.165) is 5.82 Å². The molecule has 1 rings (SSSR count). The van der Waals surface area contributed by atoms with E-state index >= 15 is 0 Å². The van der Waals surface area contributed by atoms with Crippen LogP contribution in [0.1, 0.15) is 18.6 Å². The van der Waals surface area contributed by atoms with Gasteiger partial charge in [-0.2, -0.15) is 5.10 Å². The van der Waals surface area contributed by atoms with E-state index in [1.807, 2.05) is 26.0 Å². The van der Waals surface area contributed by atoms with E-state index in [2.05, 4.69) is 15.2 Å². The summed E-state index contributed by atoms with van der Waals surface area (Å²) < 4.78 is 0. The van der Waals surface area contributed by atoms with E-state index in [0.29, 0.717) is 12.4 Å². The maximum absolute atomic E-state index is 11.6. The number of H-pyrrole nitrogens is 1. The molecule has 86 valence electrons. The summed E-state index contributed by atoms with van der Waals surface area (Å²) in [5, 5.41) is 6.70. The van der Waals surface area contributed by atoms with Gasteiger partial charge in [-0.25, -0.2) is 4.98 Å². The highest BCUT2D eigenvalue weighted by atomic mass is 16.2. The molecule has 0 radical (unpaired) electrons. The lowest BCUT2D eigenvalue weighted by Gasteiger charge is -2.11. The van der Waals surface area contributed by atoms with E-state index in [4.69, 9.17) is 0 Å². The zero-order valence-corrected chi connectivity index (χ0v) is 9.77. The molecule has 0 unspecified atom stereocenters. The molecule has 16 heavy (non-hydrogen) atoms. The molecule has 0 aliphatic carbocycles. The number of nitrogens with zero attached hydrogens (tertiary/aromatic N) is 3. The van der Waals surface area contributed by atoms with Crippen molar-refractivity contribution in [3.63, 3.8) is 0 Å². The lowest BCUT2D eigenvalue weighted by Crippen LogP contribution is -2.24. The molecular weight excluding hydrogens is 204 g/mol. The van der Waals surface area contributed by atoms with Gasteiger partial charge in [0.1, 0.15) is 5.82 Å². The van der Waals surface area contributed by atoms with Crippen LogP contribution in [0.5, 0.6) is 0 Å². The van der Waals surface area contributed by atoms with Crippen molar-refractivity contribution in [2.24, 2.45) is 0 Å². The van der Waals surface area contributed by atoms with Crippen LogP contribution >= 0.6 is 0 Å². The van der Waals surface area contributed by atoms with Crippen LogP contribution in [0.4, 0.5) is 0 Å². The van der Waals surface area contributed by atoms with E-state index in [1.165, 1.54) is 6.08 Å². The Morgan fingerprint density at radius 1 is 1.50 bits per heavy atom. The Kier molecular flexibility index (Phi) is 4.44. The topological polar surface area (TPSA) is 61.9 Å². The number of hydrogen-bond donors (Lipinski definition) is 1. The Morgan fingerprint density at radius 2 is 2.25 bits per heavy atom. The van der Waals surface area contributed by atoms with Gasteiger partial charge >= 0.3 is 0 Å². The summed E-state index contributed by atoms with van der Waals surface area (Å²) in [5.74, 6) is 1.30. The van der Waals surface area contributed by atoms with Gasteiger partial charge in [-0.05, 0) is 13.8 Å². The fourth-order valence-corrected chi connectivity index (χ4v) is 1.13. The molecule has 1 amide bonds. The number of carbonyl (C=O) groups is 1. The minimum Gasteiger partial charge on any atom is -0.335 e. The quantitative estimate of drug-likeness (QED) is 0.612. The first kappa shape index (κ1) is 12.2. The van der Waals surface area contributed by atoms with E-state index < -0.39 is 0 Å². The predicted molar refractivity (Wildman–Crippen MR) is 61.5 cm³/mol. The van der Waals surface area contributed by atoms with Crippen molar-refractivity contribution in [2.75, 3.05) is 7.05 Å². The third-order valence-electron chi connectivity index (χ3n) is 1.94. The number of hydrogen-bond acceptors (Lipinski definition) is 3. The molecule has 0 saturated carbocycles. The number of nitrogens with one attached hydrogen (secondary N) is 1. The molecule has 0 atom stereocenters. The largest absolute Gasteiger partial charge is 0.335 e. The molecule has 5 heteroatoms. The number of carbonyl (C=O) groups excluding carboxylic acids is 1. The van der Waals surface area contributed by atoms with Gasteiger partial charge in [-0.3, -0.25) is 9.89 Å². The number of amides is 1. The minimum absolute atomic E-state index is 0.0689. The first-order valence-corrected chi connectivity index (χ1v) is 5.06.